The highest BCUT2D eigenvalue weighted by molar-refractivity contribution is 6.69. The third-order valence-corrected chi connectivity index (χ3v) is 2.72. The number of nitrogens with zero attached hydrogens (tertiary/aromatic N) is 3. The topological polar surface area (TPSA) is 90.8 Å². The first-order valence-electron chi connectivity index (χ1n) is 5.97. The molecule has 0 unspecified atom stereocenters. The Labute approximate surface area is 118 Å². The number of oxime groups is 1. The van der Waals surface area contributed by atoms with Crippen LogP contribution < -0.4 is 0 Å². The molecule has 0 N–H and O–H groups in total. The van der Waals surface area contributed by atoms with E-state index in [9.17, 15) is 15.3 Å². The predicted octanol–water partition coefficient (Wildman–Crippen LogP) is 3.03. The van der Waals surface area contributed by atoms with Crippen LogP contribution in [0.4, 0.5) is 11.4 Å². The molecule has 0 bridgehead atoms. The van der Waals surface area contributed by atoms with Gasteiger partial charge in [-0.05, 0) is 26.6 Å². The highest BCUT2D eigenvalue weighted by atomic mass is 28.4. The Bertz CT molecular complexity index is 547. The SMILES string of the molecule is CC(/C=[N+](\[O-])c1ccc([N+](=O)[O-])cc1)=NO[Si](C)(C)C. The third-order valence-electron chi connectivity index (χ3n) is 2.08. The van der Waals surface area contributed by atoms with Gasteiger partial charge in [-0.15, -0.1) is 5.16 Å². The maximum Gasteiger partial charge on any atom is 0.278 e. The highest BCUT2D eigenvalue weighted by Crippen LogP contribution is 2.17. The van der Waals surface area contributed by atoms with Crippen LogP contribution in [0.25, 0.3) is 0 Å². The van der Waals surface area contributed by atoms with Gasteiger partial charge in [-0.3, -0.25) is 10.1 Å². The summed E-state index contributed by atoms with van der Waals surface area (Å²) in [6, 6.07) is 5.32. The van der Waals surface area contributed by atoms with Crippen molar-refractivity contribution < 1.29 is 14.2 Å². The lowest BCUT2D eigenvalue weighted by molar-refractivity contribution is -0.385. The zero-order chi connectivity index (χ0) is 15.3. The Morgan fingerprint density at radius 3 is 2.15 bits per heavy atom. The molecule has 7 nitrogen and oxygen atoms in total. The predicted molar refractivity (Wildman–Crippen MR) is 80.0 cm³/mol. The lowest BCUT2D eigenvalue weighted by Crippen LogP contribution is -2.23. The van der Waals surface area contributed by atoms with Crippen LogP contribution in [0.1, 0.15) is 6.92 Å². The normalized spacial score (nSPS) is 13.2. The molecule has 0 aliphatic carbocycles. The van der Waals surface area contributed by atoms with Gasteiger partial charge in [0.25, 0.3) is 14.0 Å². The highest BCUT2D eigenvalue weighted by Gasteiger charge is 2.16. The van der Waals surface area contributed by atoms with Crippen molar-refractivity contribution in [2.24, 2.45) is 5.16 Å². The van der Waals surface area contributed by atoms with Crippen molar-refractivity contribution in [3.63, 3.8) is 0 Å². The second-order valence-electron chi connectivity index (χ2n) is 5.16. The Hall–Kier alpha value is -2.22. The molecule has 0 radical (unpaired) electrons. The minimum Gasteiger partial charge on any atom is -0.618 e. The van der Waals surface area contributed by atoms with E-state index in [2.05, 4.69) is 5.16 Å². The Kier molecular flexibility index (Phi) is 4.98. The molecular weight excluding hydrogens is 278 g/mol. The molecule has 0 aliphatic heterocycles. The summed E-state index contributed by atoms with van der Waals surface area (Å²) >= 11 is 0. The van der Waals surface area contributed by atoms with Crippen molar-refractivity contribution in [1.29, 1.82) is 0 Å². The minimum atomic E-state index is -1.77. The molecule has 1 rings (SSSR count). The molecule has 0 saturated carbocycles. The fraction of sp³-hybridized carbons (Fsp3) is 0.333. The summed E-state index contributed by atoms with van der Waals surface area (Å²) in [6.45, 7) is 7.59. The number of non-ortho nitro benzene ring substituents is 1. The summed E-state index contributed by atoms with van der Waals surface area (Å²) in [5, 5.41) is 26.2. The van der Waals surface area contributed by atoms with E-state index in [1.54, 1.807) is 6.92 Å². The van der Waals surface area contributed by atoms with Gasteiger partial charge in [0, 0.05) is 24.3 Å². The van der Waals surface area contributed by atoms with E-state index >= 15 is 0 Å². The second-order valence-corrected chi connectivity index (χ2v) is 9.57. The number of benzene rings is 1. The first-order valence-corrected chi connectivity index (χ1v) is 9.38. The van der Waals surface area contributed by atoms with Crippen molar-refractivity contribution in [3.8, 4) is 0 Å². The monoisotopic (exact) mass is 295 g/mol. The summed E-state index contributed by atoms with van der Waals surface area (Å²) in [6.07, 6.45) is 1.27. The van der Waals surface area contributed by atoms with Gasteiger partial charge < -0.3 is 9.73 Å². The molecule has 0 aliphatic rings. The van der Waals surface area contributed by atoms with Crippen molar-refractivity contribution in [3.05, 3.63) is 39.6 Å². The minimum absolute atomic E-state index is 0.0606. The van der Waals surface area contributed by atoms with Gasteiger partial charge in [-0.2, -0.15) is 4.74 Å². The molecule has 8 heteroatoms. The largest absolute Gasteiger partial charge is 0.618 e. The molecule has 0 fully saturated rings. The molecule has 1 aromatic rings. The van der Waals surface area contributed by atoms with Gasteiger partial charge in [-0.1, -0.05) is 0 Å². The maximum absolute atomic E-state index is 11.8. The van der Waals surface area contributed by atoms with Crippen molar-refractivity contribution in [2.75, 3.05) is 0 Å². The summed E-state index contributed by atoms with van der Waals surface area (Å²) in [7, 11) is -1.77. The number of hydrogen-bond acceptors (Lipinski definition) is 5. The van der Waals surface area contributed by atoms with E-state index in [0.29, 0.717) is 10.5 Å². The molecule has 20 heavy (non-hydrogen) atoms. The second kappa shape index (κ2) is 6.28. The molecule has 0 saturated heterocycles. The molecule has 0 atom stereocenters. The molecule has 0 aromatic heterocycles. The van der Waals surface area contributed by atoms with Gasteiger partial charge in [0.05, 0.1) is 4.92 Å². The van der Waals surface area contributed by atoms with Crippen LogP contribution in [0.2, 0.25) is 19.6 Å². The van der Waals surface area contributed by atoms with Crippen LogP contribution >= 0.6 is 0 Å². The van der Waals surface area contributed by atoms with Gasteiger partial charge in [-0.25, -0.2) is 0 Å². The van der Waals surface area contributed by atoms with E-state index in [1.807, 2.05) is 19.6 Å². The standard InChI is InChI=1S/C12H17N3O4Si/c1-10(13-19-20(2,3)4)9-14(16)11-5-7-12(8-6-11)15(17)18/h5-9H,1-4H3/b13-10?,14-9-. The van der Waals surface area contributed by atoms with Crippen LogP contribution in [0.15, 0.2) is 29.4 Å². The van der Waals surface area contributed by atoms with Crippen LogP contribution in [0.3, 0.4) is 0 Å². The molecule has 0 spiro atoms. The van der Waals surface area contributed by atoms with E-state index < -0.39 is 13.2 Å². The maximum atomic E-state index is 11.8. The Morgan fingerprint density at radius 2 is 1.70 bits per heavy atom. The quantitative estimate of drug-likeness (QED) is 0.208. The van der Waals surface area contributed by atoms with Crippen molar-refractivity contribution >= 4 is 31.6 Å². The molecule has 0 amide bonds. The zero-order valence-electron chi connectivity index (χ0n) is 11.9. The van der Waals surface area contributed by atoms with E-state index in [-0.39, 0.29) is 11.4 Å². The summed E-state index contributed by atoms with van der Waals surface area (Å²) in [5.74, 6) is 0. The molecule has 0 heterocycles. The lowest BCUT2D eigenvalue weighted by Gasteiger charge is -2.12. The van der Waals surface area contributed by atoms with Gasteiger partial charge in [0.15, 0.2) is 0 Å². The molecular formula is C12H17N3O4Si. The van der Waals surface area contributed by atoms with E-state index in [0.717, 1.165) is 0 Å². The van der Waals surface area contributed by atoms with Crippen molar-refractivity contribution in [1.82, 2.24) is 0 Å². The Morgan fingerprint density at radius 1 is 1.20 bits per heavy atom. The average Bonchev–Trinajstić information content (AvgIpc) is 2.35. The van der Waals surface area contributed by atoms with Crippen LogP contribution in [-0.4, -0.2) is 29.9 Å². The van der Waals surface area contributed by atoms with Gasteiger partial charge >= 0.3 is 0 Å². The van der Waals surface area contributed by atoms with Crippen LogP contribution in [0.5, 0.6) is 0 Å². The fourth-order valence-electron chi connectivity index (χ4n) is 1.20. The average molecular weight is 295 g/mol. The summed E-state index contributed by atoms with van der Waals surface area (Å²) in [4.78, 5) is 10.00. The first kappa shape index (κ1) is 15.8. The number of nitro groups is 1. The summed E-state index contributed by atoms with van der Waals surface area (Å²) < 4.78 is 5.91. The van der Waals surface area contributed by atoms with Gasteiger partial charge in [0.2, 0.25) is 11.9 Å². The number of hydrogen-bond donors (Lipinski definition) is 0. The lowest BCUT2D eigenvalue weighted by atomic mass is 10.3. The molecule has 108 valence electrons. The summed E-state index contributed by atoms with van der Waals surface area (Å²) in [5.41, 5.74) is 0.661. The van der Waals surface area contributed by atoms with Crippen LogP contribution in [-0.2, 0) is 4.53 Å². The number of nitro benzene ring substituents is 1. The van der Waals surface area contributed by atoms with E-state index in [4.69, 9.17) is 4.53 Å². The molecule has 1 aromatic carbocycles. The van der Waals surface area contributed by atoms with Crippen molar-refractivity contribution in [2.45, 2.75) is 26.6 Å². The van der Waals surface area contributed by atoms with E-state index in [1.165, 1.54) is 30.5 Å². The fourth-order valence-corrected chi connectivity index (χ4v) is 1.62. The Balaban J connectivity index is 2.85. The third kappa shape index (κ3) is 5.18. The zero-order valence-corrected chi connectivity index (χ0v) is 12.9. The smallest absolute Gasteiger partial charge is 0.278 e. The number of rotatable bonds is 5. The van der Waals surface area contributed by atoms with Crippen LogP contribution in [0, 0.1) is 15.3 Å². The first-order chi connectivity index (χ1) is 9.19. The van der Waals surface area contributed by atoms with Gasteiger partial charge in [0.1, 0.15) is 5.71 Å².